The molecule has 0 saturated carbocycles. The molecule has 2 rings (SSSR count). The molecule has 0 heterocycles. The van der Waals surface area contributed by atoms with Crippen LogP contribution in [0.4, 0.5) is 0 Å². The highest BCUT2D eigenvalue weighted by molar-refractivity contribution is 7.89. The van der Waals surface area contributed by atoms with E-state index in [9.17, 15) is 18.0 Å². The topological polar surface area (TPSA) is 113 Å². The Labute approximate surface area is 151 Å². The third-order valence-electron chi connectivity index (χ3n) is 3.89. The number of carbonyl (C=O) groups is 2. The van der Waals surface area contributed by atoms with E-state index in [1.54, 1.807) is 32.0 Å². The first kappa shape index (κ1) is 19.6. The Hall–Kier alpha value is -2.71. The van der Waals surface area contributed by atoms with Crippen LogP contribution in [0.1, 0.15) is 31.8 Å². The maximum atomic E-state index is 12.2. The Balaban J connectivity index is 2.18. The van der Waals surface area contributed by atoms with Gasteiger partial charge in [-0.05, 0) is 49.2 Å². The van der Waals surface area contributed by atoms with Crippen molar-refractivity contribution < 1.29 is 27.5 Å². The van der Waals surface area contributed by atoms with E-state index in [-0.39, 0.29) is 10.5 Å². The highest BCUT2D eigenvalue weighted by atomic mass is 32.2. The average Bonchev–Trinajstić information content (AvgIpc) is 2.60. The summed E-state index contributed by atoms with van der Waals surface area (Å²) in [4.78, 5) is 24.2. The van der Waals surface area contributed by atoms with Gasteiger partial charge < -0.3 is 9.47 Å². The summed E-state index contributed by atoms with van der Waals surface area (Å²) in [7, 11) is -2.50. The van der Waals surface area contributed by atoms with Crippen molar-refractivity contribution in [2.45, 2.75) is 18.7 Å². The summed E-state index contributed by atoms with van der Waals surface area (Å²) in [5, 5.41) is 5.18. The molecule has 138 valence electrons. The number of carbonyl (C=O) groups excluding carboxylic acids is 2. The van der Waals surface area contributed by atoms with E-state index in [4.69, 9.17) is 14.6 Å². The summed E-state index contributed by atoms with van der Waals surface area (Å²) in [6.07, 6.45) is 0. The number of ether oxygens (including phenoxy) is 2. The summed E-state index contributed by atoms with van der Waals surface area (Å²) >= 11 is 0. The second-order valence-electron chi connectivity index (χ2n) is 5.69. The van der Waals surface area contributed by atoms with Gasteiger partial charge in [0.05, 0.1) is 17.6 Å². The quantitative estimate of drug-likeness (QED) is 0.608. The Morgan fingerprint density at radius 2 is 1.77 bits per heavy atom. The van der Waals surface area contributed by atoms with Crippen LogP contribution < -0.4 is 9.88 Å². The lowest BCUT2D eigenvalue weighted by Crippen LogP contribution is -2.18. The average molecular weight is 377 g/mol. The summed E-state index contributed by atoms with van der Waals surface area (Å²) in [6, 6.07) is 9.08. The lowest BCUT2D eigenvalue weighted by molar-refractivity contribution is 0.0474. The van der Waals surface area contributed by atoms with Gasteiger partial charge in [0.25, 0.3) is 0 Å². The molecule has 0 amide bonds. The number of hydrogen-bond donors (Lipinski definition) is 1. The molecule has 0 aliphatic heterocycles. The lowest BCUT2D eigenvalue weighted by atomic mass is 10.1. The molecule has 0 atom stereocenters. The Bertz CT molecular complexity index is 966. The second-order valence-corrected chi connectivity index (χ2v) is 7.22. The van der Waals surface area contributed by atoms with E-state index in [2.05, 4.69) is 0 Å². The van der Waals surface area contributed by atoms with Crippen LogP contribution in [0.5, 0.6) is 5.75 Å². The first-order valence-corrected chi connectivity index (χ1v) is 9.16. The summed E-state index contributed by atoms with van der Waals surface area (Å²) in [5.41, 5.74) is 1.37. The van der Waals surface area contributed by atoms with Gasteiger partial charge in [-0.25, -0.2) is 18.4 Å². The van der Waals surface area contributed by atoms with Crippen molar-refractivity contribution in [2.75, 3.05) is 13.7 Å². The zero-order chi connectivity index (χ0) is 19.5. The number of sulfonamides is 1. The smallest absolute Gasteiger partial charge is 0.338 e. The highest BCUT2D eigenvalue weighted by Crippen LogP contribution is 2.21. The molecule has 0 aliphatic carbocycles. The number of methoxy groups -OCH3 is 1. The molecule has 0 saturated heterocycles. The van der Waals surface area contributed by atoms with E-state index in [0.717, 1.165) is 6.07 Å². The molecule has 0 aromatic heterocycles. The highest BCUT2D eigenvalue weighted by Gasteiger charge is 2.19. The minimum atomic E-state index is -3.98. The van der Waals surface area contributed by atoms with Crippen LogP contribution in [0.15, 0.2) is 41.3 Å². The van der Waals surface area contributed by atoms with Crippen molar-refractivity contribution in [3.8, 4) is 5.75 Å². The molecule has 2 aromatic rings. The first-order valence-electron chi connectivity index (χ1n) is 7.62. The first-order chi connectivity index (χ1) is 12.1. The van der Waals surface area contributed by atoms with Gasteiger partial charge >= 0.3 is 5.97 Å². The van der Waals surface area contributed by atoms with Crippen molar-refractivity contribution in [2.24, 2.45) is 5.14 Å². The molecule has 0 unspecified atom stereocenters. The zero-order valence-corrected chi connectivity index (χ0v) is 15.4. The molecule has 0 radical (unpaired) electrons. The monoisotopic (exact) mass is 377 g/mol. The van der Waals surface area contributed by atoms with Gasteiger partial charge in [-0.2, -0.15) is 0 Å². The molecule has 0 spiro atoms. The fourth-order valence-electron chi connectivity index (χ4n) is 2.33. The number of nitrogens with two attached hydrogens (primary N) is 1. The van der Waals surface area contributed by atoms with Crippen LogP contribution in [0.2, 0.25) is 0 Å². The van der Waals surface area contributed by atoms with E-state index in [1.807, 2.05) is 0 Å². The fraction of sp³-hybridized carbons (Fsp3) is 0.222. The molecule has 0 bridgehead atoms. The van der Waals surface area contributed by atoms with Crippen LogP contribution in [-0.4, -0.2) is 33.9 Å². The molecule has 26 heavy (non-hydrogen) atoms. The molecular weight excluding hydrogens is 358 g/mol. The van der Waals surface area contributed by atoms with Gasteiger partial charge in [0.2, 0.25) is 10.0 Å². The predicted molar refractivity (Wildman–Crippen MR) is 94.9 cm³/mol. The SMILES string of the molecule is COc1cccc(C(=O)COC(=O)c2cc(C)c(C)c(S(N)(=O)=O)c2)c1. The minimum Gasteiger partial charge on any atom is -0.497 e. The van der Waals surface area contributed by atoms with Gasteiger partial charge in [-0.3, -0.25) is 4.79 Å². The molecule has 0 aliphatic rings. The third kappa shape index (κ3) is 4.47. The van der Waals surface area contributed by atoms with Crippen LogP contribution in [-0.2, 0) is 14.8 Å². The van der Waals surface area contributed by atoms with Crippen molar-refractivity contribution in [1.82, 2.24) is 0 Å². The van der Waals surface area contributed by atoms with E-state index >= 15 is 0 Å². The van der Waals surface area contributed by atoms with Gasteiger partial charge in [0, 0.05) is 5.56 Å². The van der Waals surface area contributed by atoms with Gasteiger partial charge in [0.1, 0.15) is 5.75 Å². The summed E-state index contributed by atoms with van der Waals surface area (Å²) in [5.74, 6) is -0.712. The van der Waals surface area contributed by atoms with Gasteiger partial charge in [0.15, 0.2) is 12.4 Å². The standard InChI is InChI=1S/C18H19NO6S/c1-11-7-14(9-17(12(11)2)26(19,22)23)18(21)25-10-16(20)13-5-4-6-15(8-13)24-3/h4-9H,10H2,1-3H3,(H2,19,22,23). The van der Waals surface area contributed by atoms with Crippen LogP contribution in [0.3, 0.4) is 0 Å². The number of primary sulfonamides is 1. The molecule has 7 nitrogen and oxygen atoms in total. The maximum Gasteiger partial charge on any atom is 0.338 e. The Morgan fingerprint density at radius 1 is 1.08 bits per heavy atom. The van der Waals surface area contributed by atoms with E-state index in [0.29, 0.717) is 22.4 Å². The van der Waals surface area contributed by atoms with Gasteiger partial charge in [-0.15, -0.1) is 0 Å². The number of rotatable bonds is 6. The largest absolute Gasteiger partial charge is 0.497 e. The Kier molecular flexibility index (Phi) is 5.79. The maximum absolute atomic E-state index is 12.2. The van der Waals surface area contributed by atoms with E-state index < -0.39 is 28.4 Å². The number of ketones is 1. The number of benzene rings is 2. The minimum absolute atomic E-state index is 0.00978. The van der Waals surface area contributed by atoms with Crippen molar-refractivity contribution >= 4 is 21.8 Å². The lowest BCUT2D eigenvalue weighted by Gasteiger charge is -2.10. The van der Waals surface area contributed by atoms with Crippen molar-refractivity contribution in [1.29, 1.82) is 0 Å². The summed E-state index contributed by atoms with van der Waals surface area (Å²) in [6.45, 7) is 2.77. The molecule has 2 N–H and O–H groups in total. The van der Waals surface area contributed by atoms with Crippen LogP contribution in [0.25, 0.3) is 0 Å². The number of Topliss-reactive ketones (excluding diaryl/α,β-unsaturated/α-hetero) is 1. The van der Waals surface area contributed by atoms with Crippen molar-refractivity contribution in [3.63, 3.8) is 0 Å². The molecule has 0 fully saturated rings. The Morgan fingerprint density at radius 3 is 2.38 bits per heavy atom. The van der Waals surface area contributed by atoms with Gasteiger partial charge in [-0.1, -0.05) is 12.1 Å². The molecular formula is C18H19NO6S. The zero-order valence-electron chi connectivity index (χ0n) is 14.6. The summed E-state index contributed by atoms with van der Waals surface area (Å²) < 4.78 is 33.4. The van der Waals surface area contributed by atoms with Crippen LogP contribution >= 0.6 is 0 Å². The van der Waals surface area contributed by atoms with E-state index in [1.165, 1.54) is 19.2 Å². The number of aryl methyl sites for hydroxylation is 1. The predicted octanol–water partition coefficient (Wildman–Crippen LogP) is 2.00. The normalized spacial score (nSPS) is 11.1. The van der Waals surface area contributed by atoms with Crippen LogP contribution in [0, 0.1) is 13.8 Å². The second kappa shape index (κ2) is 7.67. The third-order valence-corrected chi connectivity index (χ3v) is 4.93. The fourth-order valence-corrected chi connectivity index (χ4v) is 3.21. The number of esters is 1. The number of hydrogen-bond acceptors (Lipinski definition) is 6. The molecule has 2 aromatic carbocycles. The molecule has 8 heteroatoms. The van der Waals surface area contributed by atoms with Crippen molar-refractivity contribution in [3.05, 3.63) is 58.7 Å².